The lowest BCUT2D eigenvalue weighted by molar-refractivity contribution is 0.412. The Hall–Kier alpha value is -1.37. The van der Waals surface area contributed by atoms with Crippen LogP contribution in [0.15, 0.2) is 34.1 Å². The number of halogens is 2. The fraction of sp³-hybridized carbons (Fsp3) is 0.0769. The van der Waals surface area contributed by atoms with Crippen LogP contribution in [0.1, 0.15) is 0 Å². The zero-order chi connectivity index (χ0) is 14.1. The molecule has 102 valence electrons. The molecule has 3 rings (SSSR count). The highest BCUT2D eigenvalue weighted by atomic mass is 79.9. The van der Waals surface area contributed by atoms with Gasteiger partial charge in [0.05, 0.1) is 17.0 Å². The summed E-state index contributed by atoms with van der Waals surface area (Å²) in [7, 11) is 1.63. The second kappa shape index (κ2) is 5.55. The van der Waals surface area contributed by atoms with Crippen molar-refractivity contribution in [3.63, 3.8) is 0 Å². The highest BCUT2D eigenvalue weighted by Crippen LogP contribution is 2.32. The van der Waals surface area contributed by atoms with Crippen molar-refractivity contribution in [2.24, 2.45) is 0 Å². The molecule has 0 aliphatic rings. The van der Waals surface area contributed by atoms with E-state index in [-0.39, 0.29) is 5.28 Å². The molecule has 20 heavy (non-hydrogen) atoms. The molecule has 2 heterocycles. The summed E-state index contributed by atoms with van der Waals surface area (Å²) in [5.41, 5.74) is 0.889. The number of rotatable bonds is 3. The molecule has 0 spiro atoms. The smallest absolute Gasteiger partial charge is 0.225 e. The average molecular weight is 371 g/mol. The van der Waals surface area contributed by atoms with Crippen LogP contribution >= 0.6 is 38.9 Å². The first kappa shape index (κ1) is 13.6. The van der Waals surface area contributed by atoms with Crippen molar-refractivity contribution in [1.29, 1.82) is 0 Å². The molecule has 0 radical (unpaired) electrons. The Bertz CT molecular complexity index is 777. The van der Waals surface area contributed by atoms with Crippen LogP contribution in [0.3, 0.4) is 0 Å². The van der Waals surface area contributed by atoms with Crippen LogP contribution in [-0.2, 0) is 0 Å². The zero-order valence-corrected chi connectivity index (χ0v) is 13.5. The summed E-state index contributed by atoms with van der Waals surface area (Å²) in [6, 6.07) is 7.68. The molecule has 0 saturated carbocycles. The quantitative estimate of drug-likeness (QED) is 0.669. The monoisotopic (exact) mass is 369 g/mol. The summed E-state index contributed by atoms with van der Waals surface area (Å²) in [6.45, 7) is 0. The lowest BCUT2D eigenvalue weighted by Crippen LogP contribution is -1.96. The summed E-state index contributed by atoms with van der Waals surface area (Å²) < 4.78 is 6.07. The van der Waals surface area contributed by atoms with Gasteiger partial charge in [-0.15, -0.1) is 11.3 Å². The Labute approximate surface area is 132 Å². The molecular formula is C13H9BrClN3OS. The molecule has 0 saturated heterocycles. The summed E-state index contributed by atoms with van der Waals surface area (Å²) in [5, 5.41) is 6.40. The Kier molecular flexibility index (Phi) is 3.78. The van der Waals surface area contributed by atoms with E-state index in [2.05, 4.69) is 31.2 Å². The van der Waals surface area contributed by atoms with Gasteiger partial charge < -0.3 is 10.1 Å². The van der Waals surface area contributed by atoms with E-state index in [1.165, 1.54) is 11.3 Å². The van der Waals surface area contributed by atoms with Crippen molar-refractivity contribution in [1.82, 2.24) is 9.97 Å². The number of thiophene rings is 1. The maximum Gasteiger partial charge on any atom is 0.225 e. The minimum absolute atomic E-state index is 0.232. The second-order valence-electron chi connectivity index (χ2n) is 3.95. The number of benzene rings is 1. The number of hydrogen-bond donors (Lipinski definition) is 1. The number of fused-ring (bicyclic) bond motifs is 1. The van der Waals surface area contributed by atoms with E-state index >= 15 is 0 Å². The number of nitrogens with one attached hydrogen (secondary N) is 1. The minimum Gasteiger partial charge on any atom is -0.496 e. The average Bonchev–Trinajstić information content (AvgIpc) is 2.87. The van der Waals surface area contributed by atoms with E-state index in [1.807, 2.05) is 29.6 Å². The molecule has 0 unspecified atom stereocenters. The van der Waals surface area contributed by atoms with Crippen molar-refractivity contribution in [2.45, 2.75) is 0 Å². The summed E-state index contributed by atoms with van der Waals surface area (Å²) in [6.07, 6.45) is 0. The standard InChI is InChI=1S/C13H9BrClN3OS/c1-19-10-3-2-7(6-9(10)14)16-11-8-4-5-20-12(8)18-13(15)17-11/h2-6H,1H3,(H,16,17,18). The van der Waals surface area contributed by atoms with Crippen LogP contribution in [0.4, 0.5) is 11.5 Å². The van der Waals surface area contributed by atoms with Gasteiger partial charge in [-0.25, -0.2) is 4.98 Å². The number of methoxy groups -OCH3 is 1. The van der Waals surface area contributed by atoms with Crippen molar-refractivity contribution >= 4 is 60.6 Å². The van der Waals surface area contributed by atoms with Gasteiger partial charge in [0.25, 0.3) is 0 Å². The Morgan fingerprint density at radius 1 is 1.30 bits per heavy atom. The van der Waals surface area contributed by atoms with Crippen LogP contribution < -0.4 is 10.1 Å². The molecule has 4 nitrogen and oxygen atoms in total. The van der Waals surface area contributed by atoms with Gasteiger partial charge in [0, 0.05) is 5.69 Å². The first-order valence-corrected chi connectivity index (χ1v) is 7.74. The molecule has 2 aromatic heterocycles. The molecule has 0 fully saturated rings. The van der Waals surface area contributed by atoms with Crippen LogP contribution in [0.25, 0.3) is 10.2 Å². The SMILES string of the molecule is COc1ccc(Nc2nc(Cl)nc3sccc23)cc1Br. The highest BCUT2D eigenvalue weighted by molar-refractivity contribution is 9.10. The van der Waals surface area contributed by atoms with Crippen molar-refractivity contribution < 1.29 is 4.74 Å². The first-order valence-electron chi connectivity index (χ1n) is 5.68. The third kappa shape index (κ3) is 2.59. The molecule has 7 heteroatoms. The van der Waals surface area contributed by atoms with Gasteiger partial charge in [0.2, 0.25) is 5.28 Å². The van der Waals surface area contributed by atoms with Gasteiger partial charge in [-0.3, -0.25) is 0 Å². The molecule has 3 aromatic rings. The minimum atomic E-state index is 0.232. The third-order valence-corrected chi connectivity index (χ3v) is 4.31. The van der Waals surface area contributed by atoms with E-state index < -0.39 is 0 Å². The van der Waals surface area contributed by atoms with Gasteiger partial charge in [-0.2, -0.15) is 4.98 Å². The lowest BCUT2D eigenvalue weighted by atomic mass is 10.3. The number of ether oxygens (including phenoxy) is 1. The molecule has 1 aromatic carbocycles. The Morgan fingerprint density at radius 2 is 2.15 bits per heavy atom. The maximum atomic E-state index is 5.94. The van der Waals surface area contributed by atoms with Crippen molar-refractivity contribution in [2.75, 3.05) is 12.4 Å². The zero-order valence-electron chi connectivity index (χ0n) is 10.4. The molecule has 0 amide bonds. The van der Waals surface area contributed by atoms with Crippen LogP contribution in [0.2, 0.25) is 5.28 Å². The fourth-order valence-electron chi connectivity index (χ4n) is 1.81. The van der Waals surface area contributed by atoms with Crippen molar-refractivity contribution in [3.05, 3.63) is 39.4 Å². The van der Waals surface area contributed by atoms with Gasteiger partial charge in [-0.1, -0.05) is 0 Å². The lowest BCUT2D eigenvalue weighted by Gasteiger charge is -2.09. The van der Waals surface area contributed by atoms with E-state index in [9.17, 15) is 0 Å². The van der Waals surface area contributed by atoms with Gasteiger partial charge >= 0.3 is 0 Å². The van der Waals surface area contributed by atoms with E-state index in [4.69, 9.17) is 16.3 Å². The molecule has 0 atom stereocenters. The first-order chi connectivity index (χ1) is 9.67. The van der Waals surface area contributed by atoms with Crippen LogP contribution in [-0.4, -0.2) is 17.1 Å². The summed E-state index contributed by atoms with van der Waals surface area (Å²) >= 11 is 10.9. The number of aromatic nitrogens is 2. The van der Waals surface area contributed by atoms with Gasteiger partial charge in [0.15, 0.2) is 0 Å². The third-order valence-electron chi connectivity index (χ3n) is 2.71. The number of hydrogen-bond acceptors (Lipinski definition) is 5. The Balaban J connectivity index is 2.00. The number of anilines is 2. The highest BCUT2D eigenvalue weighted by Gasteiger charge is 2.09. The van der Waals surface area contributed by atoms with Crippen molar-refractivity contribution in [3.8, 4) is 5.75 Å². The second-order valence-corrected chi connectivity index (χ2v) is 6.04. The van der Waals surface area contributed by atoms with Gasteiger partial charge in [0.1, 0.15) is 16.4 Å². The molecule has 0 bridgehead atoms. The fourth-order valence-corrected chi connectivity index (χ4v) is 3.33. The topological polar surface area (TPSA) is 47.0 Å². The summed E-state index contributed by atoms with van der Waals surface area (Å²) in [5.74, 6) is 1.47. The van der Waals surface area contributed by atoms with E-state index in [0.29, 0.717) is 5.82 Å². The normalized spacial score (nSPS) is 10.8. The van der Waals surface area contributed by atoms with E-state index in [1.54, 1.807) is 7.11 Å². The number of nitrogens with zero attached hydrogens (tertiary/aromatic N) is 2. The van der Waals surface area contributed by atoms with Gasteiger partial charge in [-0.05, 0) is 57.2 Å². The Morgan fingerprint density at radius 3 is 2.90 bits per heavy atom. The predicted octanol–water partition coefficient (Wildman–Crippen LogP) is 4.86. The molecule has 1 N–H and O–H groups in total. The summed E-state index contributed by atoms with van der Waals surface area (Å²) in [4.78, 5) is 9.29. The van der Waals surface area contributed by atoms with Crippen LogP contribution in [0.5, 0.6) is 5.75 Å². The molecule has 0 aliphatic heterocycles. The molecule has 0 aliphatic carbocycles. The predicted molar refractivity (Wildman–Crippen MR) is 86.4 cm³/mol. The van der Waals surface area contributed by atoms with Crippen LogP contribution in [0, 0.1) is 0 Å². The molecular weight excluding hydrogens is 362 g/mol. The van der Waals surface area contributed by atoms with E-state index in [0.717, 1.165) is 26.1 Å². The maximum absolute atomic E-state index is 5.94. The largest absolute Gasteiger partial charge is 0.496 e.